The van der Waals surface area contributed by atoms with Gasteiger partial charge in [-0.05, 0) is 48.9 Å². The van der Waals surface area contributed by atoms with Gasteiger partial charge in [0.25, 0.3) is 0 Å². The average Bonchev–Trinajstić information content (AvgIpc) is 3.22. The number of hydrogen-bond donors (Lipinski definition) is 0. The summed E-state index contributed by atoms with van der Waals surface area (Å²) < 4.78 is 11.5. The van der Waals surface area contributed by atoms with Gasteiger partial charge in [0.15, 0.2) is 0 Å². The molecule has 27 heavy (non-hydrogen) atoms. The van der Waals surface area contributed by atoms with E-state index in [1.165, 1.54) is 16.9 Å². The van der Waals surface area contributed by atoms with Crippen molar-refractivity contribution < 1.29 is 9.15 Å². The molecule has 0 atom stereocenters. The number of nitrogens with zero attached hydrogens (tertiary/aromatic N) is 2. The van der Waals surface area contributed by atoms with E-state index in [4.69, 9.17) is 9.15 Å². The Hall–Kier alpha value is -2.73. The minimum Gasteiger partial charge on any atom is -0.438 e. The molecule has 0 saturated carbocycles. The quantitative estimate of drug-likeness (QED) is 0.466. The smallest absolute Gasteiger partial charge is 0.336 e. The van der Waals surface area contributed by atoms with Gasteiger partial charge in [-0.1, -0.05) is 13.3 Å². The topological polar surface area (TPSA) is 65.2 Å². The standard InChI is InChI=1S/C21H18N2O3S/c1-2-4-12-9-18(24)26-16-10-13(7-8-14(12)16)25-20-19-15-5-3-6-17(15)27-21(19)23-11-22-20/h7-11H,2-6H2,1H3. The Kier molecular flexibility index (Phi) is 3.93. The molecule has 0 spiro atoms. The summed E-state index contributed by atoms with van der Waals surface area (Å²) in [7, 11) is 0. The third-order valence-corrected chi connectivity index (χ3v) is 6.20. The molecule has 0 unspecified atom stereocenters. The second-order valence-electron chi connectivity index (χ2n) is 6.82. The summed E-state index contributed by atoms with van der Waals surface area (Å²) in [4.78, 5) is 23.0. The van der Waals surface area contributed by atoms with E-state index in [-0.39, 0.29) is 5.63 Å². The van der Waals surface area contributed by atoms with Gasteiger partial charge in [-0.25, -0.2) is 14.8 Å². The predicted molar refractivity (Wildman–Crippen MR) is 106 cm³/mol. The van der Waals surface area contributed by atoms with Gasteiger partial charge in [-0.3, -0.25) is 0 Å². The second kappa shape index (κ2) is 6.46. The van der Waals surface area contributed by atoms with E-state index in [0.717, 1.165) is 46.8 Å². The average molecular weight is 378 g/mol. The molecule has 4 aromatic rings. The molecule has 3 aromatic heterocycles. The minimum absolute atomic E-state index is 0.330. The van der Waals surface area contributed by atoms with Gasteiger partial charge in [0.2, 0.25) is 5.88 Å². The van der Waals surface area contributed by atoms with E-state index < -0.39 is 0 Å². The highest BCUT2D eigenvalue weighted by molar-refractivity contribution is 7.18. The van der Waals surface area contributed by atoms with Gasteiger partial charge >= 0.3 is 5.63 Å². The Morgan fingerprint density at radius 1 is 1.22 bits per heavy atom. The summed E-state index contributed by atoms with van der Waals surface area (Å²) in [6.07, 6.45) is 6.69. The van der Waals surface area contributed by atoms with Crippen LogP contribution in [0.15, 0.2) is 39.8 Å². The van der Waals surface area contributed by atoms with Crippen molar-refractivity contribution in [3.63, 3.8) is 0 Å². The molecule has 0 fully saturated rings. The van der Waals surface area contributed by atoms with E-state index in [0.29, 0.717) is 17.2 Å². The van der Waals surface area contributed by atoms with Crippen LogP contribution in [0.3, 0.4) is 0 Å². The number of thiophene rings is 1. The van der Waals surface area contributed by atoms with Crippen LogP contribution in [0, 0.1) is 0 Å². The molecule has 5 nitrogen and oxygen atoms in total. The summed E-state index contributed by atoms with van der Waals surface area (Å²) in [5.41, 5.74) is 2.55. The first-order chi connectivity index (χ1) is 13.2. The van der Waals surface area contributed by atoms with Crippen LogP contribution in [0.1, 0.15) is 35.8 Å². The van der Waals surface area contributed by atoms with Crippen LogP contribution in [0.2, 0.25) is 0 Å². The zero-order valence-electron chi connectivity index (χ0n) is 14.9. The fourth-order valence-electron chi connectivity index (χ4n) is 3.84. The number of rotatable bonds is 4. The van der Waals surface area contributed by atoms with E-state index >= 15 is 0 Å². The van der Waals surface area contributed by atoms with Crippen LogP contribution in [-0.2, 0) is 19.3 Å². The number of benzene rings is 1. The minimum atomic E-state index is -0.330. The highest BCUT2D eigenvalue weighted by Gasteiger charge is 2.22. The maximum Gasteiger partial charge on any atom is 0.336 e. The van der Waals surface area contributed by atoms with Crippen molar-refractivity contribution >= 4 is 32.5 Å². The summed E-state index contributed by atoms with van der Waals surface area (Å²) in [6.45, 7) is 2.09. The lowest BCUT2D eigenvalue weighted by Crippen LogP contribution is -2.00. The molecule has 5 rings (SSSR count). The first-order valence-corrected chi connectivity index (χ1v) is 10.0. The van der Waals surface area contributed by atoms with Crippen molar-refractivity contribution in [2.24, 2.45) is 0 Å². The van der Waals surface area contributed by atoms with Crippen LogP contribution in [0.5, 0.6) is 11.6 Å². The molecule has 0 radical (unpaired) electrons. The fourth-order valence-corrected chi connectivity index (χ4v) is 5.06. The van der Waals surface area contributed by atoms with Gasteiger partial charge in [-0.2, -0.15) is 0 Å². The normalized spacial score (nSPS) is 13.4. The molecule has 136 valence electrons. The molecular formula is C21H18N2O3S. The zero-order chi connectivity index (χ0) is 18.4. The van der Waals surface area contributed by atoms with Crippen LogP contribution in [0.4, 0.5) is 0 Å². The number of aromatic nitrogens is 2. The molecule has 0 bridgehead atoms. The van der Waals surface area contributed by atoms with Gasteiger partial charge in [-0.15, -0.1) is 11.3 Å². The maximum atomic E-state index is 11.9. The lowest BCUT2D eigenvalue weighted by molar-refractivity contribution is 0.466. The molecule has 1 aliphatic rings. The Bertz CT molecular complexity index is 1230. The van der Waals surface area contributed by atoms with Crippen LogP contribution < -0.4 is 10.4 Å². The summed E-state index contributed by atoms with van der Waals surface area (Å²) in [6, 6.07) is 7.21. The predicted octanol–water partition coefficient (Wildman–Crippen LogP) is 5.03. The van der Waals surface area contributed by atoms with E-state index in [9.17, 15) is 4.79 Å². The lowest BCUT2D eigenvalue weighted by Gasteiger charge is -2.09. The van der Waals surface area contributed by atoms with E-state index in [1.807, 2.05) is 12.1 Å². The first kappa shape index (κ1) is 16.4. The molecule has 0 amide bonds. The Labute approximate surface area is 159 Å². The lowest BCUT2D eigenvalue weighted by atomic mass is 10.1. The van der Waals surface area contributed by atoms with Crippen molar-refractivity contribution in [1.29, 1.82) is 0 Å². The van der Waals surface area contributed by atoms with Gasteiger partial charge < -0.3 is 9.15 Å². The monoisotopic (exact) mass is 378 g/mol. The van der Waals surface area contributed by atoms with Crippen LogP contribution in [0.25, 0.3) is 21.2 Å². The second-order valence-corrected chi connectivity index (χ2v) is 7.90. The molecular weight excluding hydrogens is 360 g/mol. The van der Waals surface area contributed by atoms with Crippen molar-refractivity contribution in [3.05, 3.63) is 57.0 Å². The number of aryl methyl sites for hydroxylation is 3. The van der Waals surface area contributed by atoms with Crippen LogP contribution >= 0.6 is 11.3 Å². The third-order valence-electron chi connectivity index (χ3n) is 5.00. The highest BCUT2D eigenvalue weighted by atomic mass is 32.1. The van der Waals surface area contributed by atoms with Crippen molar-refractivity contribution in [1.82, 2.24) is 9.97 Å². The Morgan fingerprint density at radius 2 is 2.15 bits per heavy atom. The van der Waals surface area contributed by atoms with Gasteiger partial charge in [0, 0.05) is 22.4 Å². The van der Waals surface area contributed by atoms with E-state index in [1.54, 1.807) is 29.8 Å². The highest BCUT2D eigenvalue weighted by Crippen LogP contribution is 2.41. The van der Waals surface area contributed by atoms with Crippen molar-refractivity contribution in [3.8, 4) is 11.6 Å². The SMILES string of the molecule is CCCc1cc(=O)oc2cc(Oc3ncnc4sc5c(c34)CCC5)ccc12. The number of ether oxygens (including phenoxy) is 1. The summed E-state index contributed by atoms with van der Waals surface area (Å²) >= 11 is 1.73. The molecule has 1 aromatic carbocycles. The number of hydrogen-bond acceptors (Lipinski definition) is 6. The van der Waals surface area contributed by atoms with Gasteiger partial charge in [0.1, 0.15) is 22.5 Å². The molecule has 1 aliphatic carbocycles. The molecule has 0 aliphatic heterocycles. The summed E-state index contributed by atoms with van der Waals surface area (Å²) in [5, 5.41) is 1.98. The third kappa shape index (κ3) is 2.80. The van der Waals surface area contributed by atoms with Crippen LogP contribution in [-0.4, -0.2) is 9.97 Å². The Morgan fingerprint density at radius 3 is 3.04 bits per heavy atom. The Balaban J connectivity index is 1.59. The first-order valence-electron chi connectivity index (χ1n) is 9.23. The number of fused-ring (bicyclic) bond motifs is 4. The molecule has 0 saturated heterocycles. The van der Waals surface area contributed by atoms with Crippen molar-refractivity contribution in [2.45, 2.75) is 39.0 Å². The van der Waals surface area contributed by atoms with Crippen molar-refractivity contribution in [2.75, 3.05) is 0 Å². The largest absolute Gasteiger partial charge is 0.438 e. The summed E-state index contributed by atoms with van der Waals surface area (Å²) in [5.74, 6) is 1.18. The molecule has 6 heteroatoms. The van der Waals surface area contributed by atoms with Gasteiger partial charge in [0.05, 0.1) is 5.39 Å². The molecule has 3 heterocycles. The zero-order valence-corrected chi connectivity index (χ0v) is 15.8. The van der Waals surface area contributed by atoms with E-state index in [2.05, 4.69) is 16.9 Å². The maximum absolute atomic E-state index is 11.9. The molecule has 0 N–H and O–H groups in total. The fraction of sp³-hybridized carbons (Fsp3) is 0.286.